The van der Waals surface area contributed by atoms with Gasteiger partial charge in [-0.25, -0.2) is 0 Å². The Bertz CT molecular complexity index is 1630. The Morgan fingerprint density at radius 2 is 1.42 bits per heavy atom. The van der Waals surface area contributed by atoms with Gasteiger partial charge in [0, 0.05) is 36.8 Å². The molecule has 0 aliphatic heterocycles. The van der Waals surface area contributed by atoms with E-state index in [1.54, 1.807) is 41.3 Å². The molecule has 3 aromatic rings. The average Bonchev–Trinajstić information content (AvgIpc) is 3.07. The summed E-state index contributed by atoms with van der Waals surface area (Å²) in [4.78, 5) is 56.6. The third-order valence-electron chi connectivity index (χ3n) is 9.18. The highest BCUT2D eigenvalue weighted by Crippen LogP contribution is 2.48. The SMILES string of the molecule is CCc1ccccc1NC(=O)C1C(=O)CC(C)(O)C(C(=O)Nc2ccccc2CC)C1c1ccc(OCC(=O)N(CC)CC)c(OC)c1. The quantitative estimate of drug-likeness (QED) is 0.210. The van der Waals surface area contributed by atoms with Crippen LogP contribution in [0.1, 0.15) is 63.6 Å². The summed E-state index contributed by atoms with van der Waals surface area (Å²) in [5.41, 5.74) is 1.60. The summed E-state index contributed by atoms with van der Waals surface area (Å²) in [6.07, 6.45) is 0.928. The fraction of sp³-hybridized carbons (Fsp3) is 0.421. The Labute approximate surface area is 282 Å². The van der Waals surface area contributed by atoms with Gasteiger partial charge in [-0.3, -0.25) is 19.2 Å². The molecule has 1 aliphatic rings. The highest BCUT2D eigenvalue weighted by molar-refractivity contribution is 6.10. The largest absolute Gasteiger partial charge is 0.493 e. The second-order valence-electron chi connectivity index (χ2n) is 12.2. The van der Waals surface area contributed by atoms with E-state index in [4.69, 9.17) is 9.47 Å². The summed E-state index contributed by atoms with van der Waals surface area (Å²) in [6, 6.07) is 19.6. The highest BCUT2D eigenvalue weighted by Gasteiger charge is 2.56. The molecule has 3 N–H and O–H groups in total. The first-order chi connectivity index (χ1) is 23.0. The minimum Gasteiger partial charge on any atom is -0.493 e. The van der Waals surface area contributed by atoms with Gasteiger partial charge >= 0.3 is 0 Å². The van der Waals surface area contributed by atoms with Gasteiger partial charge in [0.15, 0.2) is 18.1 Å². The zero-order chi connectivity index (χ0) is 35.0. The zero-order valence-corrected chi connectivity index (χ0v) is 28.7. The summed E-state index contributed by atoms with van der Waals surface area (Å²) < 4.78 is 11.5. The lowest BCUT2D eigenvalue weighted by Crippen LogP contribution is -2.56. The van der Waals surface area contributed by atoms with E-state index in [1.807, 2.05) is 58.0 Å². The lowest BCUT2D eigenvalue weighted by molar-refractivity contribution is -0.151. The molecule has 48 heavy (non-hydrogen) atoms. The molecule has 3 aromatic carbocycles. The van der Waals surface area contributed by atoms with Gasteiger partial charge in [0.05, 0.1) is 18.6 Å². The maximum atomic E-state index is 14.3. The molecule has 1 saturated carbocycles. The fourth-order valence-corrected chi connectivity index (χ4v) is 6.63. The third kappa shape index (κ3) is 7.87. The van der Waals surface area contributed by atoms with Gasteiger partial charge in [0.2, 0.25) is 11.8 Å². The number of nitrogens with zero attached hydrogens (tertiary/aromatic N) is 1. The smallest absolute Gasteiger partial charge is 0.260 e. The van der Waals surface area contributed by atoms with E-state index >= 15 is 0 Å². The number of hydrogen-bond acceptors (Lipinski definition) is 7. The molecule has 4 rings (SSSR count). The first kappa shape index (κ1) is 36.1. The van der Waals surface area contributed by atoms with E-state index in [0.29, 0.717) is 42.9 Å². The lowest BCUT2D eigenvalue weighted by Gasteiger charge is -2.44. The topological polar surface area (TPSA) is 134 Å². The number of methoxy groups -OCH3 is 1. The fourth-order valence-electron chi connectivity index (χ4n) is 6.63. The van der Waals surface area contributed by atoms with Crippen LogP contribution in [-0.4, -0.2) is 65.9 Å². The lowest BCUT2D eigenvalue weighted by atomic mass is 9.61. The molecule has 256 valence electrons. The van der Waals surface area contributed by atoms with Crippen LogP contribution in [0.3, 0.4) is 0 Å². The van der Waals surface area contributed by atoms with Crippen molar-refractivity contribution in [1.29, 1.82) is 0 Å². The Morgan fingerprint density at radius 3 is 1.96 bits per heavy atom. The number of carbonyl (C=O) groups excluding carboxylic acids is 4. The number of nitrogens with one attached hydrogen (secondary N) is 2. The van der Waals surface area contributed by atoms with Crippen LogP contribution in [0.2, 0.25) is 0 Å². The molecule has 0 saturated heterocycles. The number of hydrogen-bond donors (Lipinski definition) is 3. The first-order valence-corrected chi connectivity index (χ1v) is 16.6. The second kappa shape index (κ2) is 15.9. The van der Waals surface area contributed by atoms with Crippen molar-refractivity contribution in [1.82, 2.24) is 4.90 Å². The molecule has 0 aromatic heterocycles. The normalized spacial score (nSPS) is 20.5. The Balaban J connectivity index is 1.80. The molecule has 4 atom stereocenters. The van der Waals surface area contributed by atoms with E-state index in [0.717, 1.165) is 11.1 Å². The maximum absolute atomic E-state index is 14.3. The van der Waals surface area contributed by atoms with Crippen LogP contribution in [-0.2, 0) is 32.0 Å². The van der Waals surface area contributed by atoms with Crippen molar-refractivity contribution in [2.45, 2.75) is 65.4 Å². The number of aryl methyl sites for hydroxylation is 2. The monoisotopic (exact) mass is 657 g/mol. The summed E-state index contributed by atoms with van der Waals surface area (Å²) in [7, 11) is 1.44. The van der Waals surface area contributed by atoms with Crippen LogP contribution in [0.15, 0.2) is 66.7 Å². The molecule has 10 heteroatoms. The number of Topliss-reactive ketones (excluding diaryl/α,β-unsaturated/α-hetero) is 1. The van der Waals surface area contributed by atoms with Gasteiger partial charge in [-0.1, -0.05) is 56.3 Å². The molecule has 1 aliphatic carbocycles. The summed E-state index contributed by atoms with van der Waals surface area (Å²) in [5.74, 6) is -4.83. The van der Waals surface area contributed by atoms with Crippen molar-refractivity contribution >= 4 is 34.9 Å². The second-order valence-corrected chi connectivity index (χ2v) is 12.2. The summed E-state index contributed by atoms with van der Waals surface area (Å²) in [6.45, 7) is 10.1. The molecule has 1 fully saturated rings. The van der Waals surface area contributed by atoms with Crippen LogP contribution >= 0.6 is 0 Å². The molecule has 0 spiro atoms. The molecule has 10 nitrogen and oxygen atoms in total. The number of amides is 3. The molecular formula is C38H47N3O7. The van der Waals surface area contributed by atoms with Crippen LogP contribution in [0, 0.1) is 11.8 Å². The zero-order valence-electron chi connectivity index (χ0n) is 28.7. The number of likely N-dealkylation sites (N-methyl/N-ethyl adjacent to an activating group) is 1. The van der Waals surface area contributed by atoms with E-state index < -0.39 is 47.4 Å². The van der Waals surface area contributed by atoms with E-state index in [-0.39, 0.29) is 24.0 Å². The van der Waals surface area contributed by atoms with Crippen molar-refractivity contribution in [3.8, 4) is 11.5 Å². The van der Waals surface area contributed by atoms with E-state index in [9.17, 15) is 24.3 Å². The number of ether oxygens (including phenoxy) is 2. The van der Waals surface area contributed by atoms with Gasteiger partial charge in [0.25, 0.3) is 5.91 Å². The van der Waals surface area contributed by atoms with Crippen LogP contribution in [0.5, 0.6) is 11.5 Å². The maximum Gasteiger partial charge on any atom is 0.260 e. The van der Waals surface area contributed by atoms with Crippen molar-refractivity contribution in [3.63, 3.8) is 0 Å². The summed E-state index contributed by atoms with van der Waals surface area (Å²) in [5, 5.41) is 17.7. The van der Waals surface area contributed by atoms with Crippen molar-refractivity contribution < 1.29 is 33.8 Å². The van der Waals surface area contributed by atoms with Crippen molar-refractivity contribution in [2.75, 3.05) is 37.4 Å². The molecule has 0 radical (unpaired) electrons. The number of carbonyl (C=O) groups is 4. The first-order valence-electron chi connectivity index (χ1n) is 16.6. The van der Waals surface area contributed by atoms with Crippen molar-refractivity contribution in [3.05, 3.63) is 83.4 Å². The number of para-hydroxylation sites is 2. The molecule has 3 amide bonds. The Morgan fingerprint density at radius 1 is 0.854 bits per heavy atom. The number of anilines is 2. The van der Waals surface area contributed by atoms with Gasteiger partial charge < -0.3 is 30.1 Å². The van der Waals surface area contributed by atoms with Crippen molar-refractivity contribution in [2.24, 2.45) is 11.8 Å². The number of aliphatic hydroxyl groups is 1. The minimum atomic E-state index is -1.79. The number of ketones is 1. The number of benzene rings is 3. The summed E-state index contributed by atoms with van der Waals surface area (Å²) >= 11 is 0. The predicted molar refractivity (Wildman–Crippen MR) is 185 cm³/mol. The standard InChI is InChI=1S/C38H47N3O7/c1-7-24-15-11-13-17-27(24)39-36(44)34-29(42)22-38(5,46)35(37(45)40-28-18-14-12-16-25(28)8-2)33(34)26-19-20-30(31(21-26)47-6)48-23-32(43)41(9-3)10-4/h11-21,33-35,46H,7-10,22-23H2,1-6H3,(H,39,44)(H,40,45). The Hall–Kier alpha value is -4.70. The van der Waals surface area contributed by atoms with Gasteiger partial charge in [0.1, 0.15) is 11.7 Å². The molecule has 4 unspecified atom stereocenters. The minimum absolute atomic E-state index is 0.187. The van der Waals surface area contributed by atoms with E-state index in [2.05, 4.69) is 10.6 Å². The number of rotatable bonds is 13. The van der Waals surface area contributed by atoms with Crippen LogP contribution in [0.4, 0.5) is 11.4 Å². The van der Waals surface area contributed by atoms with Crippen LogP contribution in [0.25, 0.3) is 0 Å². The van der Waals surface area contributed by atoms with Gasteiger partial charge in [-0.15, -0.1) is 0 Å². The van der Waals surface area contributed by atoms with Gasteiger partial charge in [-0.05, 0) is 74.6 Å². The Kier molecular flexibility index (Phi) is 12.0. The predicted octanol–water partition coefficient (Wildman–Crippen LogP) is 5.38. The molecular weight excluding hydrogens is 610 g/mol. The average molecular weight is 658 g/mol. The third-order valence-corrected chi connectivity index (χ3v) is 9.18. The van der Waals surface area contributed by atoms with Gasteiger partial charge in [-0.2, -0.15) is 0 Å². The molecule has 0 heterocycles. The highest BCUT2D eigenvalue weighted by atomic mass is 16.5. The molecule has 0 bridgehead atoms. The van der Waals surface area contributed by atoms with E-state index in [1.165, 1.54) is 14.0 Å². The van der Waals surface area contributed by atoms with Crippen LogP contribution < -0.4 is 20.1 Å².